The molecule has 2 fully saturated rings. The zero-order valence-corrected chi connectivity index (χ0v) is 15.6. The predicted molar refractivity (Wildman–Crippen MR) is 100 cm³/mol. The summed E-state index contributed by atoms with van der Waals surface area (Å²) in [5, 5.41) is 2.21. The fourth-order valence-corrected chi connectivity index (χ4v) is 4.25. The van der Waals surface area contributed by atoms with E-state index in [1.807, 2.05) is 6.07 Å². The van der Waals surface area contributed by atoms with Gasteiger partial charge in [-0.15, -0.1) is 0 Å². The molecule has 4 amide bonds. The summed E-state index contributed by atoms with van der Waals surface area (Å²) >= 11 is 0. The second-order valence-electron chi connectivity index (χ2n) is 7.78. The van der Waals surface area contributed by atoms with Gasteiger partial charge in [-0.25, -0.2) is 0 Å². The predicted octanol–water partition coefficient (Wildman–Crippen LogP) is 0.259. The van der Waals surface area contributed by atoms with Crippen LogP contribution in [0.1, 0.15) is 52.0 Å². The summed E-state index contributed by atoms with van der Waals surface area (Å²) in [7, 11) is 0. The molecule has 0 spiro atoms. The van der Waals surface area contributed by atoms with E-state index in [1.165, 1.54) is 0 Å². The van der Waals surface area contributed by atoms with Gasteiger partial charge >= 0.3 is 0 Å². The molecule has 8 nitrogen and oxygen atoms in total. The Labute approximate surface area is 163 Å². The molecule has 148 valence electrons. The van der Waals surface area contributed by atoms with Crippen LogP contribution < -0.4 is 11.1 Å². The number of piperidine rings is 2. The Bertz CT molecular complexity index is 845. The number of hydrogen-bond donors (Lipinski definition) is 2. The number of likely N-dealkylation sites (tertiary alicyclic amines) is 1. The molecule has 2 saturated heterocycles. The lowest BCUT2D eigenvalue weighted by Gasteiger charge is -2.31. The first kappa shape index (κ1) is 18.8. The Balaban J connectivity index is 1.50. The number of imide groups is 2. The van der Waals surface area contributed by atoms with Crippen molar-refractivity contribution in [2.75, 3.05) is 19.6 Å². The zero-order chi connectivity index (χ0) is 19.8. The van der Waals surface area contributed by atoms with Crippen molar-refractivity contribution in [2.45, 2.75) is 38.3 Å². The van der Waals surface area contributed by atoms with E-state index in [0.717, 1.165) is 42.9 Å². The Kier molecular flexibility index (Phi) is 4.99. The summed E-state index contributed by atoms with van der Waals surface area (Å²) in [6.45, 7) is 3.37. The van der Waals surface area contributed by atoms with Gasteiger partial charge in [0.05, 0.1) is 11.1 Å². The average molecular weight is 384 g/mol. The molecule has 0 aromatic heterocycles. The van der Waals surface area contributed by atoms with Crippen molar-refractivity contribution in [2.24, 2.45) is 11.7 Å². The number of amides is 4. The van der Waals surface area contributed by atoms with E-state index in [1.54, 1.807) is 12.1 Å². The van der Waals surface area contributed by atoms with Crippen LogP contribution in [-0.4, -0.2) is 59.1 Å². The van der Waals surface area contributed by atoms with Crippen molar-refractivity contribution < 1.29 is 19.2 Å². The minimum Gasteiger partial charge on any atom is -0.330 e. The largest absolute Gasteiger partial charge is 0.330 e. The van der Waals surface area contributed by atoms with E-state index in [9.17, 15) is 19.2 Å². The van der Waals surface area contributed by atoms with Crippen molar-refractivity contribution in [3.8, 4) is 0 Å². The number of nitrogens with two attached hydrogens (primary N) is 1. The monoisotopic (exact) mass is 384 g/mol. The summed E-state index contributed by atoms with van der Waals surface area (Å²) in [5.74, 6) is -1.31. The molecule has 0 bridgehead atoms. The topological polar surface area (TPSA) is 113 Å². The van der Waals surface area contributed by atoms with Crippen LogP contribution >= 0.6 is 0 Å². The quantitative estimate of drug-likeness (QED) is 0.720. The molecule has 0 aliphatic carbocycles. The van der Waals surface area contributed by atoms with Crippen molar-refractivity contribution >= 4 is 23.6 Å². The van der Waals surface area contributed by atoms with E-state index < -0.39 is 23.8 Å². The maximum atomic E-state index is 12.9. The van der Waals surface area contributed by atoms with Crippen molar-refractivity contribution in [3.63, 3.8) is 0 Å². The Morgan fingerprint density at radius 1 is 1.00 bits per heavy atom. The van der Waals surface area contributed by atoms with Gasteiger partial charge in [0, 0.05) is 13.0 Å². The minimum absolute atomic E-state index is 0.119. The van der Waals surface area contributed by atoms with Crippen LogP contribution in [-0.2, 0) is 16.1 Å². The number of rotatable bonds is 4. The summed E-state index contributed by atoms with van der Waals surface area (Å²) in [6, 6.07) is 4.37. The number of carbonyl (C=O) groups is 4. The molecule has 1 unspecified atom stereocenters. The lowest BCUT2D eigenvalue weighted by Crippen LogP contribution is -2.54. The first-order chi connectivity index (χ1) is 13.5. The summed E-state index contributed by atoms with van der Waals surface area (Å²) < 4.78 is 0. The fourth-order valence-electron chi connectivity index (χ4n) is 4.25. The SMILES string of the molecule is NCC1CCN(Cc2ccc3c(c2)C(=O)N(C2CCC(=O)NC2=O)C3=O)CC1. The zero-order valence-electron chi connectivity index (χ0n) is 15.6. The molecule has 1 aromatic rings. The molecule has 4 rings (SSSR count). The smallest absolute Gasteiger partial charge is 0.262 e. The second kappa shape index (κ2) is 7.44. The van der Waals surface area contributed by atoms with Crippen LogP contribution in [0.3, 0.4) is 0 Å². The third-order valence-electron chi connectivity index (χ3n) is 5.95. The van der Waals surface area contributed by atoms with Crippen LogP contribution in [0, 0.1) is 5.92 Å². The number of fused-ring (bicyclic) bond motifs is 1. The van der Waals surface area contributed by atoms with Gasteiger partial charge in [-0.2, -0.15) is 0 Å². The van der Waals surface area contributed by atoms with Crippen LogP contribution in [0.2, 0.25) is 0 Å². The molecule has 1 aromatic carbocycles. The highest BCUT2D eigenvalue weighted by Crippen LogP contribution is 2.29. The fraction of sp³-hybridized carbons (Fsp3) is 0.500. The molecule has 8 heteroatoms. The van der Waals surface area contributed by atoms with Crippen LogP contribution in [0.4, 0.5) is 0 Å². The standard InChI is InChI=1S/C20H24N4O4/c21-10-12-5-7-23(8-6-12)11-13-1-2-14-15(9-13)20(28)24(19(14)27)16-3-4-17(25)22-18(16)26/h1-2,9,12,16H,3-8,10-11,21H2,(H,22,25,26). The highest BCUT2D eigenvalue weighted by atomic mass is 16.2. The Hall–Kier alpha value is -2.58. The van der Waals surface area contributed by atoms with Gasteiger partial charge in [0.15, 0.2) is 0 Å². The van der Waals surface area contributed by atoms with Crippen LogP contribution in [0.5, 0.6) is 0 Å². The molecular formula is C20H24N4O4. The molecule has 3 heterocycles. The first-order valence-electron chi connectivity index (χ1n) is 9.75. The van der Waals surface area contributed by atoms with Crippen LogP contribution in [0.15, 0.2) is 18.2 Å². The number of nitrogens with zero attached hydrogens (tertiary/aromatic N) is 2. The minimum atomic E-state index is -0.927. The molecule has 0 radical (unpaired) electrons. The van der Waals surface area contributed by atoms with Gasteiger partial charge in [-0.1, -0.05) is 6.07 Å². The molecular weight excluding hydrogens is 360 g/mol. The maximum absolute atomic E-state index is 12.9. The molecule has 3 aliphatic heterocycles. The van der Waals surface area contributed by atoms with E-state index in [-0.39, 0.29) is 18.7 Å². The maximum Gasteiger partial charge on any atom is 0.262 e. The molecule has 3 aliphatic rings. The lowest BCUT2D eigenvalue weighted by atomic mass is 9.96. The summed E-state index contributed by atoms with van der Waals surface area (Å²) in [5.41, 5.74) is 7.37. The van der Waals surface area contributed by atoms with Crippen molar-refractivity contribution in [1.29, 1.82) is 0 Å². The summed E-state index contributed by atoms with van der Waals surface area (Å²) in [4.78, 5) is 52.4. The van der Waals surface area contributed by atoms with E-state index in [0.29, 0.717) is 23.6 Å². The van der Waals surface area contributed by atoms with Gasteiger partial charge < -0.3 is 5.73 Å². The highest BCUT2D eigenvalue weighted by Gasteiger charge is 2.44. The van der Waals surface area contributed by atoms with Gasteiger partial charge in [0.2, 0.25) is 11.8 Å². The van der Waals surface area contributed by atoms with Crippen molar-refractivity contribution in [3.05, 3.63) is 34.9 Å². The third kappa shape index (κ3) is 3.33. The van der Waals surface area contributed by atoms with Gasteiger partial charge in [-0.3, -0.25) is 34.3 Å². The third-order valence-corrected chi connectivity index (χ3v) is 5.95. The molecule has 0 saturated carbocycles. The van der Waals surface area contributed by atoms with E-state index in [2.05, 4.69) is 10.2 Å². The number of benzene rings is 1. The van der Waals surface area contributed by atoms with Gasteiger partial charge in [0.25, 0.3) is 11.8 Å². The second-order valence-corrected chi connectivity index (χ2v) is 7.78. The van der Waals surface area contributed by atoms with Crippen molar-refractivity contribution in [1.82, 2.24) is 15.1 Å². The number of carbonyl (C=O) groups excluding carboxylic acids is 4. The summed E-state index contributed by atoms with van der Waals surface area (Å²) in [6.07, 6.45) is 2.43. The normalized spacial score (nSPS) is 23.9. The number of nitrogens with one attached hydrogen (secondary N) is 1. The Morgan fingerprint density at radius 2 is 1.71 bits per heavy atom. The average Bonchev–Trinajstić information content (AvgIpc) is 2.93. The highest BCUT2D eigenvalue weighted by molar-refractivity contribution is 6.23. The van der Waals surface area contributed by atoms with E-state index in [4.69, 9.17) is 5.73 Å². The van der Waals surface area contributed by atoms with E-state index >= 15 is 0 Å². The molecule has 1 atom stereocenters. The van der Waals surface area contributed by atoms with Gasteiger partial charge in [0.1, 0.15) is 6.04 Å². The van der Waals surface area contributed by atoms with Crippen LogP contribution in [0.25, 0.3) is 0 Å². The molecule has 3 N–H and O–H groups in total. The lowest BCUT2D eigenvalue weighted by molar-refractivity contribution is -0.136. The first-order valence-corrected chi connectivity index (χ1v) is 9.75. The molecule has 28 heavy (non-hydrogen) atoms. The Morgan fingerprint density at radius 3 is 2.39 bits per heavy atom. The van der Waals surface area contributed by atoms with Gasteiger partial charge in [-0.05, 0) is 62.5 Å². The number of hydrogen-bond acceptors (Lipinski definition) is 6.